The number of hydrogen-bond acceptors (Lipinski definition) is 7. The molecule has 0 aliphatic carbocycles. The zero-order valence-electron chi connectivity index (χ0n) is 12.9. The minimum atomic E-state index is 0.178. The quantitative estimate of drug-likeness (QED) is 0.411. The Labute approximate surface area is 143 Å². The summed E-state index contributed by atoms with van der Waals surface area (Å²) < 4.78 is 0. The molecule has 0 atom stereocenters. The zero-order chi connectivity index (χ0) is 16.9. The molecule has 122 valence electrons. The maximum absolute atomic E-state index is 9.55. The monoisotopic (exact) mass is 340 g/mol. The first-order valence-electron chi connectivity index (χ1n) is 7.17. The van der Waals surface area contributed by atoms with Gasteiger partial charge < -0.3 is 20.8 Å². The third kappa shape index (κ3) is 4.08. The first-order valence-corrected chi connectivity index (χ1v) is 8.40. The van der Waals surface area contributed by atoms with Gasteiger partial charge in [0.05, 0.1) is 0 Å². The highest BCUT2D eigenvalue weighted by atomic mass is 32.2. The van der Waals surface area contributed by atoms with Crippen LogP contribution in [0.3, 0.4) is 0 Å². The minimum Gasteiger partial charge on any atom is -0.508 e. The van der Waals surface area contributed by atoms with Crippen molar-refractivity contribution in [3.63, 3.8) is 0 Å². The van der Waals surface area contributed by atoms with Crippen molar-refractivity contribution < 1.29 is 10.2 Å². The lowest BCUT2D eigenvalue weighted by molar-refractivity contribution is 0.475. The Hall–Kier alpha value is -2.93. The number of anilines is 4. The number of benzene rings is 2. The first-order chi connectivity index (χ1) is 11.6. The summed E-state index contributed by atoms with van der Waals surface area (Å²) >= 11 is 1.42. The molecule has 3 aromatic rings. The van der Waals surface area contributed by atoms with Crippen molar-refractivity contribution in [2.75, 3.05) is 16.9 Å². The van der Waals surface area contributed by atoms with Gasteiger partial charge >= 0.3 is 0 Å². The Bertz CT molecular complexity index is 792. The van der Waals surface area contributed by atoms with Gasteiger partial charge in [-0.1, -0.05) is 23.9 Å². The highest BCUT2D eigenvalue weighted by Gasteiger charge is 2.06. The van der Waals surface area contributed by atoms with E-state index in [9.17, 15) is 10.2 Å². The molecular formula is C17H16N4O2S. The summed E-state index contributed by atoms with van der Waals surface area (Å²) in [5.41, 5.74) is 1.45. The van der Waals surface area contributed by atoms with Crippen LogP contribution < -0.4 is 10.6 Å². The van der Waals surface area contributed by atoms with E-state index in [2.05, 4.69) is 20.6 Å². The molecule has 6 nitrogen and oxygen atoms in total. The second-order valence-electron chi connectivity index (χ2n) is 4.98. The molecule has 2 aromatic carbocycles. The van der Waals surface area contributed by atoms with Crippen LogP contribution in [0.5, 0.6) is 11.5 Å². The standard InChI is InChI=1S/C17H16N4O2S/c1-24-17-20-15(18-11-4-2-6-13(22)8-11)10-16(21-17)19-12-5-3-7-14(23)9-12/h2-10,22-23H,1H3,(H2,18,19,20,21). The number of hydrogen-bond donors (Lipinski definition) is 4. The topological polar surface area (TPSA) is 90.3 Å². The van der Waals surface area contributed by atoms with Crippen molar-refractivity contribution in [1.29, 1.82) is 0 Å². The summed E-state index contributed by atoms with van der Waals surface area (Å²) in [5.74, 6) is 1.56. The van der Waals surface area contributed by atoms with Crippen molar-refractivity contribution in [3.8, 4) is 11.5 Å². The van der Waals surface area contributed by atoms with E-state index in [-0.39, 0.29) is 11.5 Å². The molecule has 0 amide bonds. The van der Waals surface area contributed by atoms with Gasteiger partial charge in [0.15, 0.2) is 5.16 Å². The Kier molecular flexibility index (Phi) is 4.72. The lowest BCUT2D eigenvalue weighted by atomic mass is 10.3. The van der Waals surface area contributed by atoms with E-state index in [1.165, 1.54) is 11.8 Å². The van der Waals surface area contributed by atoms with Crippen molar-refractivity contribution in [3.05, 3.63) is 54.6 Å². The molecule has 0 bridgehead atoms. The molecule has 1 heterocycles. The molecule has 0 spiro atoms. The average Bonchev–Trinajstić information content (AvgIpc) is 2.54. The molecule has 7 heteroatoms. The second-order valence-corrected chi connectivity index (χ2v) is 5.75. The van der Waals surface area contributed by atoms with Crippen LogP contribution in [-0.2, 0) is 0 Å². The number of thioether (sulfide) groups is 1. The van der Waals surface area contributed by atoms with Crippen LogP contribution in [0.1, 0.15) is 0 Å². The molecule has 0 fully saturated rings. The molecule has 0 saturated heterocycles. The molecule has 0 unspecified atom stereocenters. The van der Waals surface area contributed by atoms with Crippen LogP contribution in [0.25, 0.3) is 0 Å². The maximum atomic E-state index is 9.55. The van der Waals surface area contributed by atoms with Crippen LogP contribution in [0, 0.1) is 0 Å². The van der Waals surface area contributed by atoms with Gasteiger partial charge in [-0.2, -0.15) is 0 Å². The molecular weight excluding hydrogens is 324 g/mol. The SMILES string of the molecule is CSc1nc(Nc2cccc(O)c2)cc(Nc2cccc(O)c2)n1. The Morgan fingerprint density at radius 3 is 1.71 bits per heavy atom. The number of phenols is 2. The summed E-state index contributed by atoms with van der Waals surface area (Å²) in [6.45, 7) is 0. The van der Waals surface area contributed by atoms with Crippen LogP contribution in [0.4, 0.5) is 23.0 Å². The summed E-state index contributed by atoms with van der Waals surface area (Å²) in [6.07, 6.45) is 1.89. The van der Waals surface area contributed by atoms with Crippen LogP contribution in [-0.4, -0.2) is 26.4 Å². The van der Waals surface area contributed by atoms with Crippen LogP contribution >= 0.6 is 11.8 Å². The van der Waals surface area contributed by atoms with Gasteiger partial charge in [0, 0.05) is 29.6 Å². The van der Waals surface area contributed by atoms with Gasteiger partial charge in [0.2, 0.25) is 0 Å². The van der Waals surface area contributed by atoms with E-state index < -0.39 is 0 Å². The molecule has 0 radical (unpaired) electrons. The second kappa shape index (κ2) is 7.10. The predicted molar refractivity (Wildman–Crippen MR) is 96.6 cm³/mol. The smallest absolute Gasteiger partial charge is 0.191 e. The molecule has 3 rings (SSSR count). The lowest BCUT2D eigenvalue weighted by Crippen LogP contribution is -2.00. The highest BCUT2D eigenvalue weighted by Crippen LogP contribution is 2.25. The fourth-order valence-corrected chi connectivity index (χ4v) is 2.49. The Morgan fingerprint density at radius 2 is 1.29 bits per heavy atom. The summed E-state index contributed by atoms with van der Waals surface area (Å²) in [4.78, 5) is 8.81. The highest BCUT2D eigenvalue weighted by molar-refractivity contribution is 7.98. The first kappa shape index (κ1) is 15.9. The van der Waals surface area contributed by atoms with Crippen molar-refractivity contribution >= 4 is 34.8 Å². The third-order valence-electron chi connectivity index (χ3n) is 3.13. The van der Waals surface area contributed by atoms with E-state index in [4.69, 9.17) is 0 Å². The van der Waals surface area contributed by atoms with Gasteiger partial charge in [-0.15, -0.1) is 0 Å². The molecule has 24 heavy (non-hydrogen) atoms. The Morgan fingerprint density at radius 1 is 0.792 bits per heavy atom. The van der Waals surface area contributed by atoms with Crippen LogP contribution in [0.2, 0.25) is 0 Å². The van der Waals surface area contributed by atoms with Gasteiger partial charge in [-0.05, 0) is 30.5 Å². The Balaban J connectivity index is 1.87. The molecule has 1 aromatic heterocycles. The normalized spacial score (nSPS) is 10.4. The number of phenolic OH excluding ortho intramolecular Hbond substituents is 2. The summed E-state index contributed by atoms with van der Waals surface area (Å²) in [5, 5.41) is 26.0. The minimum absolute atomic E-state index is 0.178. The van der Waals surface area contributed by atoms with Gasteiger partial charge in [0.1, 0.15) is 23.1 Å². The maximum Gasteiger partial charge on any atom is 0.191 e. The van der Waals surface area contributed by atoms with Gasteiger partial charge in [-0.25, -0.2) is 9.97 Å². The van der Waals surface area contributed by atoms with E-state index in [0.29, 0.717) is 16.8 Å². The average molecular weight is 340 g/mol. The largest absolute Gasteiger partial charge is 0.508 e. The molecule has 4 N–H and O–H groups in total. The van der Waals surface area contributed by atoms with Crippen molar-refractivity contribution in [2.45, 2.75) is 5.16 Å². The third-order valence-corrected chi connectivity index (χ3v) is 3.67. The van der Waals surface area contributed by atoms with E-state index >= 15 is 0 Å². The molecule has 0 aliphatic rings. The van der Waals surface area contributed by atoms with Gasteiger partial charge in [0.25, 0.3) is 0 Å². The van der Waals surface area contributed by atoms with Crippen molar-refractivity contribution in [2.24, 2.45) is 0 Å². The van der Waals surface area contributed by atoms with E-state index in [1.807, 2.05) is 18.4 Å². The summed E-state index contributed by atoms with van der Waals surface area (Å²) in [6, 6.07) is 15.4. The number of nitrogens with one attached hydrogen (secondary N) is 2. The predicted octanol–water partition coefficient (Wildman–Crippen LogP) is 4.10. The van der Waals surface area contributed by atoms with Gasteiger partial charge in [-0.3, -0.25) is 0 Å². The number of nitrogens with zero attached hydrogens (tertiary/aromatic N) is 2. The van der Waals surface area contributed by atoms with E-state index in [1.54, 1.807) is 42.5 Å². The molecule has 0 saturated carbocycles. The molecule has 0 aliphatic heterocycles. The fraction of sp³-hybridized carbons (Fsp3) is 0.0588. The fourth-order valence-electron chi connectivity index (χ4n) is 2.11. The zero-order valence-corrected chi connectivity index (χ0v) is 13.7. The van der Waals surface area contributed by atoms with Crippen molar-refractivity contribution in [1.82, 2.24) is 9.97 Å². The van der Waals surface area contributed by atoms with E-state index in [0.717, 1.165) is 11.4 Å². The van der Waals surface area contributed by atoms with Crippen LogP contribution in [0.15, 0.2) is 59.8 Å². The lowest BCUT2D eigenvalue weighted by Gasteiger charge is -2.11. The number of aromatic hydroxyl groups is 2. The summed E-state index contributed by atoms with van der Waals surface area (Å²) in [7, 11) is 0. The number of rotatable bonds is 5. The number of aromatic nitrogens is 2.